The van der Waals surface area contributed by atoms with Crippen LogP contribution in [0.3, 0.4) is 0 Å². The number of thioether (sulfide) groups is 1. The number of nitrogens with one attached hydrogen (secondary N) is 1. The highest BCUT2D eigenvalue weighted by atomic mass is 35.5. The molecule has 172 valence electrons. The van der Waals surface area contributed by atoms with E-state index in [9.17, 15) is 4.79 Å². The van der Waals surface area contributed by atoms with E-state index in [4.69, 9.17) is 34.8 Å². The number of aryl methyl sites for hydroxylation is 1. The maximum atomic E-state index is 12.4. The molecular weight excluding hydrogens is 513 g/mol. The van der Waals surface area contributed by atoms with Gasteiger partial charge in [0.15, 0.2) is 11.0 Å². The van der Waals surface area contributed by atoms with E-state index < -0.39 is 0 Å². The Kier molecular flexibility index (Phi) is 7.90. The average Bonchev–Trinajstić information content (AvgIpc) is 3.25. The third kappa shape index (κ3) is 5.98. The molecule has 1 amide bonds. The van der Waals surface area contributed by atoms with Gasteiger partial charge in [-0.05, 0) is 61.0 Å². The van der Waals surface area contributed by atoms with Crippen molar-refractivity contribution in [3.63, 3.8) is 0 Å². The van der Waals surface area contributed by atoms with Gasteiger partial charge in [0.05, 0.1) is 22.0 Å². The van der Waals surface area contributed by atoms with Crippen molar-refractivity contribution in [1.82, 2.24) is 20.2 Å². The van der Waals surface area contributed by atoms with Gasteiger partial charge in [0.1, 0.15) is 0 Å². The number of hydrogen-bond acceptors (Lipinski definition) is 5. The lowest BCUT2D eigenvalue weighted by molar-refractivity contribution is -0.118. The topological polar surface area (TPSA) is 72.2 Å². The summed E-state index contributed by atoms with van der Waals surface area (Å²) in [6.45, 7) is 2.02. The van der Waals surface area contributed by atoms with Crippen LogP contribution in [0.4, 0.5) is 0 Å². The van der Waals surface area contributed by atoms with Gasteiger partial charge in [-0.1, -0.05) is 70.3 Å². The summed E-state index contributed by atoms with van der Waals surface area (Å²) < 4.78 is 1.92. The monoisotopic (exact) mass is 529 g/mol. The van der Waals surface area contributed by atoms with Gasteiger partial charge in [-0.3, -0.25) is 9.36 Å². The molecule has 0 aliphatic rings. The Bertz CT molecular complexity index is 1340. The summed E-state index contributed by atoms with van der Waals surface area (Å²) in [5.41, 5.74) is 6.11. The Balaban J connectivity index is 1.50. The fraction of sp³-hybridized carbons (Fsp3) is 0.0833. The van der Waals surface area contributed by atoms with Crippen molar-refractivity contribution in [2.75, 3.05) is 5.75 Å². The second-order valence-corrected chi connectivity index (χ2v) is 9.43. The van der Waals surface area contributed by atoms with Crippen molar-refractivity contribution >= 4 is 58.7 Å². The maximum absolute atomic E-state index is 12.4. The highest BCUT2D eigenvalue weighted by Gasteiger charge is 2.17. The van der Waals surface area contributed by atoms with Crippen LogP contribution in [-0.2, 0) is 4.79 Å². The molecule has 10 heteroatoms. The minimum atomic E-state index is -0.284. The number of carbonyl (C=O) groups is 1. The summed E-state index contributed by atoms with van der Waals surface area (Å²) in [5.74, 6) is 0.470. The van der Waals surface area contributed by atoms with Gasteiger partial charge in [-0.25, -0.2) is 5.43 Å². The van der Waals surface area contributed by atoms with Crippen LogP contribution in [0, 0.1) is 6.92 Å². The molecule has 0 fully saturated rings. The fourth-order valence-electron chi connectivity index (χ4n) is 3.01. The zero-order valence-electron chi connectivity index (χ0n) is 17.9. The van der Waals surface area contributed by atoms with Gasteiger partial charge in [0.2, 0.25) is 0 Å². The van der Waals surface area contributed by atoms with Gasteiger partial charge in [-0.2, -0.15) is 5.10 Å². The normalized spacial score (nSPS) is 11.2. The molecule has 0 saturated heterocycles. The smallest absolute Gasteiger partial charge is 0.250 e. The van der Waals surface area contributed by atoms with Gasteiger partial charge in [0, 0.05) is 16.3 Å². The average molecular weight is 531 g/mol. The number of hydrogen-bond donors (Lipinski definition) is 1. The van der Waals surface area contributed by atoms with E-state index in [1.807, 2.05) is 47.9 Å². The quantitative estimate of drug-likeness (QED) is 0.169. The zero-order chi connectivity index (χ0) is 24.1. The summed E-state index contributed by atoms with van der Waals surface area (Å²) >= 11 is 19.2. The SMILES string of the molecule is Cc1ccc(-n2c(SCC(=O)N/N=C/c3ccc(Cl)c(Cl)c3)nnc2-c2ccc(Cl)cc2)cc1. The van der Waals surface area contributed by atoms with E-state index in [1.54, 1.807) is 30.3 Å². The molecule has 0 unspecified atom stereocenters. The van der Waals surface area contributed by atoms with E-state index in [2.05, 4.69) is 20.7 Å². The third-order valence-corrected chi connectivity index (χ3v) is 6.63. The second kappa shape index (κ2) is 11.1. The van der Waals surface area contributed by atoms with Crippen LogP contribution < -0.4 is 5.43 Å². The highest BCUT2D eigenvalue weighted by Crippen LogP contribution is 2.29. The highest BCUT2D eigenvalue weighted by molar-refractivity contribution is 7.99. The van der Waals surface area contributed by atoms with Crippen molar-refractivity contribution in [1.29, 1.82) is 0 Å². The molecule has 0 aliphatic heterocycles. The van der Waals surface area contributed by atoms with Crippen LogP contribution in [0.2, 0.25) is 15.1 Å². The van der Waals surface area contributed by atoms with Crippen LogP contribution in [0.1, 0.15) is 11.1 Å². The standard InChI is InChI=1S/C24H18Cl3N5OS/c1-15-2-9-19(10-3-15)32-23(17-5-7-18(25)8-6-17)30-31-24(32)34-14-22(33)29-28-13-16-4-11-20(26)21(27)12-16/h2-13H,14H2,1H3,(H,29,33)/b28-13+. The molecule has 0 radical (unpaired) electrons. The molecule has 3 aromatic carbocycles. The summed E-state index contributed by atoms with van der Waals surface area (Å²) in [6, 6.07) is 20.5. The second-order valence-electron chi connectivity index (χ2n) is 7.24. The molecule has 6 nitrogen and oxygen atoms in total. The number of benzene rings is 3. The van der Waals surface area contributed by atoms with E-state index >= 15 is 0 Å². The number of carbonyl (C=O) groups excluding carboxylic acids is 1. The first kappa shape index (κ1) is 24.3. The number of halogens is 3. The Hall–Kier alpha value is -2.84. The number of amides is 1. The van der Waals surface area contributed by atoms with E-state index in [0.29, 0.717) is 31.6 Å². The maximum Gasteiger partial charge on any atom is 0.250 e. The predicted molar refractivity (Wildman–Crippen MR) is 139 cm³/mol. The molecule has 4 aromatic rings. The fourth-order valence-corrected chi connectivity index (χ4v) is 4.19. The molecule has 0 aliphatic carbocycles. The van der Waals surface area contributed by atoms with Gasteiger partial charge in [-0.15, -0.1) is 10.2 Å². The molecule has 0 atom stereocenters. The molecule has 1 aromatic heterocycles. The van der Waals surface area contributed by atoms with Crippen molar-refractivity contribution in [3.05, 3.63) is 92.9 Å². The van der Waals surface area contributed by atoms with E-state index in [-0.39, 0.29) is 11.7 Å². The molecule has 4 rings (SSSR count). The number of rotatable bonds is 7. The lowest BCUT2D eigenvalue weighted by atomic mass is 10.2. The van der Waals surface area contributed by atoms with Crippen LogP contribution in [0.25, 0.3) is 17.1 Å². The molecular formula is C24H18Cl3N5OS. The van der Waals surface area contributed by atoms with E-state index in [1.165, 1.54) is 18.0 Å². The number of aromatic nitrogens is 3. The molecule has 0 spiro atoms. The van der Waals surface area contributed by atoms with Crippen LogP contribution in [0.5, 0.6) is 0 Å². The third-order valence-electron chi connectivity index (χ3n) is 4.71. The predicted octanol–water partition coefficient (Wildman–Crippen LogP) is 6.45. The zero-order valence-corrected chi connectivity index (χ0v) is 21.0. The van der Waals surface area contributed by atoms with Crippen molar-refractivity contribution in [2.45, 2.75) is 12.1 Å². The molecule has 1 heterocycles. The molecule has 1 N–H and O–H groups in total. The Morgan fingerprint density at radius 1 is 1.00 bits per heavy atom. The largest absolute Gasteiger partial charge is 0.272 e. The molecule has 34 heavy (non-hydrogen) atoms. The first-order valence-electron chi connectivity index (χ1n) is 10.1. The minimum absolute atomic E-state index is 0.101. The van der Waals surface area contributed by atoms with Crippen molar-refractivity contribution in [3.8, 4) is 17.1 Å². The summed E-state index contributed by atoms with van der Waals surface area (Å²) in [6.07, 6.45) is 1.50. The van der Waals surface area contributed by atoms with Crippen LogP contribution in [-0.4, -0.2) is 32.6 Å². The Labute approximate surface area is 215 Å². The summed E-state index contributed by atoms with van der Waals surface area (Å²) in [7, 11) is 0. The van der Waals surface area contributed by atoms with Crippen molar-refractivity contribution in [2.24, 2.45) is 5.10 Å². The molecule has 0 saturated carbocycles. The Morgan fingerprint density at radius 3 is 2.44 bits per heavy atom. The van der Waals surface area contributed by atoms with Crippen LogP contribution >= 0.6 is 46.6 Å². The Morgan fingerprint density at radius 2 is 1.74 bits per heavy atom. The lowest BCUT2D eigenvalue weighted by Gasteiger charge is -2.10. The summed E-state index contributed by atoms with van der Waals surface area (Å²) in [4.78, 5) is 12.4. The lowest BCUT2D eigenvalue weighted by Crippen LogP contribution is -2.20. The van der Waals surface area contributed by atoms with Crippen molar-refractivity contribution < 1.29 is 4.79 Å². The first-order valence-corrected chi connectivity index (χ1v) is 12.2. The van der Waals surface area contributed by atoms with Gasteiger partial charge in [0.25, 0.3) is 5.91 Å². The number of nitrogens with zero attached hydrogens (tertiary/aromatic N) is 4. The van der Waals surface area contributed by atoms with Gasteiger partial charge < -0.3 is 0 Å². The number of hydrazone groups is 1. The summed E-state index contributed by atoms with van der Waals surface area (Å²) in [5, 5.41) is 14.8. The van der Waals surface area contributed by atoms with E-state index in [0.717, 1.165) is 16.8 Å². The first-order chi connectivity index (χ1) is 16.4. The molecule has 0 bridgehead atoms. The van der Waals surface area contributed by atoms with Gasteiger partial charge >= 0.3 is 0 Å². The minimum Gasteiger partial charge on any atom is -0.272 e. The van der Waals surface area contributed by atoms with Crippen LogP contribution in [0.15, 0.2) is 77.0 Å².